The molecule has 0 aliphatic heterocycles. The number of hydrogen-bond acceptors (Lipinski definition) is 7. The van der Waals surface area contributed by atoms with Crippen LogP contribution in [0.4, 0.5) is 4.39 Å². The van der Waals surface area contributed by atoms with Crippen LogP contribution >= 0.6 is 7.82 Å². The van der Waals surface area contributed by atoms with E-state index in [1.165, 1.54) is 0 Å². The molecule has 0 aromatic rings. The van der Waals surface area contributed by atoms with Crippen LogP contribution in [0.25, 0.3) is 0 Å². The number of ether oxygens (including phenoxy) is 1. The minimum absolute atomic E-state index is 0.0331. The Bertz CT molecular complexity index is 998. The molecule has 0 bridgehead atoms. The lowest BCUT2D eigenvalue weighted by Gasteiger charge is -2.65. The third-order valence-electron chi connectivity index (χ3n) is 10.4. The fourth-order valence-corrected chi connectivity index (χ4v) is 9.03. The number of carbonyl (C=O) groups is 3. The lowest BCUT2D eigenvalue weighted by Crippen LogP contribution is -2.71. The van der Waals surface area contributed by atoms with Crippen molar-refractivity contribution >= 4 is 25.4 Å². The van der Waals surface area contributed by atoms with Gasteiger partial charge in [-0.1, -0.05) is 27.7 Å². The molecule has 9 nitrogen and oxygen atoms in total. The van der Waals surface area contributed by atoms with Gasteiger partial charge in [0, 0.05) is 36.0 Å². The summed E-state index contributed by atoms with van der Waals surface area (Å²) in [6, 6.07) is 0. The van der Waals surface area contributed by atoms with Gasteiger partial charge in [0.1, 0.15) is 18.1 Å². The third-order valence-corrected chi connectivity index (χ3v) is 10.9. The molecule has 0 saturated heterocycles. The molecule has 0 heterocycles. The average Bonchev–Trinajstić information content (AvgIpc) is 3.00. The van der Waals surface area contributed by atoms with Crippen molar-refractivity contribution in [2.45, 2.75) is 96.4 Å². The van der Waals surface area contributed by atoms with Crippen molar-refractivity contribution in [1.82, 2.24) is 0 Å². The van der Waals surface area contributed by atoms with Gasteiger partial charge in [-0.15, -0.1) is 0 Å². The quantitative estimate of drug-likeness (QED) is 0.346. The number of phosphoric ester groups is 1. The second-order valence-corrected chi connectivity index (χ2v) is 13.2. The lowest BCUT2D eigenvalue weighted by atomic mass is 9.42. The summed E-state index contributed by atoms with van der Waals surface area (Å²) in [5.41, 5.74) is -5.88. The van der Waals surface area contributed by atoms with Crippen LogP contribution in [0.5, 0.6) is 0 Å². The number of alkyl halides is 1. The van der Waals surface area contributed by atoms with Gasteiger partial charge in [-0.2, -0.15) is 0 Å². The summed E-state index contributed by atoms with van der Waals surface area (Å²) in [6.45, 7) is 5.88. The summed E-state index contributed by atoms with van der Waals surface area (Å²) >= 11 is 0. The molecule has 36 heavy (non-hydrogen) atoms. The maximum absolute atomic E-state index is 17.4. The molecule has 4 aliphatic rings. The van der Waals surface area contributed by atoms with Crippen molar-refractivity contribution in [3.63, 3.8) is 0 Å². The second-order valence-electron chi connectivity index (χ2n) is 11.9. The Morgan fingerprint density at radius 1 is 1.17 bits per heavy atom. The van der Waals surface area contributed by atoms with E-state index in [0.717, 1.165) is 0 Å². The molecular weight excluding hydrogens is 494 g/mol. The van der Waals surface area contributed by atoms with Crippen molar-refractivity contribution in [3.05, 3.63) is 0 Å². The Hall–Kier alpha value is -1.19. The highest BCUT2D eigenvalue weighted by atomic mass is 31.2. The lowest BCUT2D eigenvalue weighted by molar-refractivity contribution is -0.257. The van der Waals surface area contributed by atoms with Gasteiger partial charge in [0.25, 0.3) is 0 Å². The fourth-order valence-electron chi connectivity index (χ4n) is 8.74. The number of fused-ring (bicyclic) bond motifs is 5. The second kappa shape index (κ2) is 8.94. The number of Topliss-reactive ketones (excluding diaryl/α,β-unsaturated/α-hetero) is 2. The van der Waals surface area contributed by atoms with E-state index in [9.17, 15) is 33.8 Å². The van der Waals surface area contributed by atoms with Gasteiger partial charge in [-0.25, -0.2) is 8.96 Å². The molecular formula is C25H38FO9P. The molecule has 0 radical (unpaired) electrons. The van der Waals surface area contributed by atoms with Crippen LogP contribution in [0.2, 0.25) is 0 Å². The number of hydrogen-bond donors (Lipinski definition) is 3. The summed E-state index contributed by atoms with van der Waals surface area (Å²) in [5.74, 6) is -3.16. The van der Waals surface area contributed by atoms with Gasteiger partial charge >= 0.3 is 13.8 Å². The summed E-state index contributed by atoms with van der Waals surface area (Å²) < 4.78 is 39.1. The topological polar surface area (TPSA) is 147 Å². The van der Waals surface area contributed by atoms with Gasteiger partial charge in [-0.3, -0.25) is 18.9 Å². The van der Waals surface area contributed by atoms with Gasteiger partial charge in [0.05, 0.1) is 6.10 Å². The number of aliphatic hydroxyl groups is 1. The molecule has 0 unspecified atom stereocenters. The maximum atomic E-state index is 17.4. The van der Waals surface area contributed by atoms with Gasteiger partial charge in [0.2, 0.25) is 5.78 Å². The van der Waals surface area contributed by atoms with E-state index in [2.05, 4.69) is 4.52 Å². The zero-order valence-corrected chi connectivity index (χ0v) is 22.3. The van der Waals surface area contributed by atoms with Crippen molar-refractivity contribution in [2.24, 2.45) is 34.5 Å². The molecule has 0 aromatic carbocycles. The minimum Gasteiger partial charge on any atom is -0.450 e. The van der Waals surface area contributed by atoms with Crippen LogP contribution in [0.1, 0.15) is 79.1 Å². The van der Waals surface area contributed by atoms with E-state index in [1.807, 2.05) is 6.92 Å². The molecule has 3 N–H and O–H groups in total. The monoisotopic (exact) mass is 532 g/mol. The average molecular weight is 533 g/mol. The van der Waals surface area contributed by atoms with Crippen molar-refractivity contribution in [2.75, 3.05) is 6.61 Å². The largest absolute Gasteiger partial charge is 0.470 e. The smallest absolute Gasteiger partial charge is 0.450 e. The van der Waals surface area contributed by atoms with Crippen LogP contribution < -0.4 is 0 Å². The van der Waals surface area contributed by atoms with Gasteiger partial charge in [-0.05, 0) is 49.9 Å². The Kier molecular flexibility index (Phi) is 6.91. The third kappa shape index (κ3) is 3.77. The van der Waals surface area contributed by atoms with E-state index in [1.54, 1.807) is 20.8 Å². The maximum Gasteiger partial charge on any atom is 0.470 e. The molecule has 0 aromatic heterocycles. The van der Waals surface area contributed by atoms with Crippen LogP contribution in [0.15, 0.2) is 0 Å². The first-order chi connectivity index (χ1) is 16.6. The summed E-state index contributed by atoms with van der Waals surface area (Å²) in [4.78, 5) is 56.8. The van der Waals surface area contributed by atoms with E-state index in [4.69, 9.17) is 4.74 Å². The van der Waals surface area contributed by atoms with Crippen LogP contribution in [0.3, 0.4) is 0 Å². The Morgan fingerprint density at radius 2 is 1.83 bits per heavy atom. The first kappa shape index (κ1) is 27.8. The Labute approximate surface area is 210 Å². The zero-order chi connectivity index (χ0) is 26.9. The number of ketones is 2. The summed E-state index contributed by atoms with van der Waals surface area (Å²) in [7, 11) is -4.98. The molecule has 4 saturated carbocycles. The Balaban J connectivity index is 1.79. The highest BCUT2D eigenvalue weighted by Gasteiger charge is 2.77. The molecule has 0 spiro atoms. The zero-order valence-electron chi connectivity index (χ0n) is 21.4. The fraction of sp³-hybridized carbons (Fsp3) is 0.880. The van der Waals surface area contributed by atoms with Gasteiger partial charge in [0.15, 0.2) is 5.60 Å². The predicted molar refractivity (Wildman–Crippen MR) is 125 cm³/mol. The van der Waals surface area contributed by atoms with E-state index in [0.29, 0.717) is 32.1 Å². The molecule has 11 heteroatoms. The van der Waals surface area contributed by atoms with Crippen LogP contribution in [0, 0.1) is 34.5 Å². The Morgan fingerprint density at radius 3 is 2.44 bits per heavy atom. The summed E-state index contributed by atoms with van der Waals surface area (Å²) in [6.07, 6.45) is 0.664. The standard InChI is InChI=1S/C25H38FO9P/c1-5-21(30)35-25(20(29)13-34-36(31,32)33)14(2)10-18-17-7-6-15-11-16(27)8-9-22(15,3)24(17,26)19(28)12-23(18,25)4/h14-15,17-19,28H,5-13H2,1-4H3,(H2,31,32,33)/t14-,15+,17-,18-,19-,22-,23-,24-,25+/m0/s1. The number of aliphatic hydroxyl groups excluding tert-OH is 1. The first-order valence-corrected chi connectivity index (χ1v) is 14.4. The molecule has 204 valence electrons. The molecule has 9 atom stereocenters. The van der Waals surface area contributed by atoms with Crippen molar-refractivity contribution < 1.29 is 47.5 Å². The van der Waals surface area contributed by atoms with Gasteiger partial charge < -0.3 is 19.6 Å². The number of esters is 1. The highest BCUT2D eigenvalue weighted by Crippen LogP contribution is 2.72. The normalized spacial score (nSPS) is 46.4. The number of carbonyl (C=O) groups excluding carboxylic acids is 3. The minimum atomic E-state index is -4.98. The number of phosphoric acid groups is 1. The number of halogens is 1. The molecule has 0 amide bonds. The SMILES string of the molecule is CCC(=O)O[C@@]1(C(=O)COP(=O)(O)O)[C@@H](C)C[C@H]2[C@@H]3CC[C@@H]4CC(=O)CC[C@]4(C)[C@@]3(F)[C@@H](O)C[C@@]21C. The molecule has 4 aliphatic carbocycles. The number of rotatable bonds is 6. The van der Waals surface area contributed by atoms with E-state index < -0.39 is 72.1 Å². The highest BCUT2D eigenvalue weighted by molar-refractivity contribution is 7.46. The van der Waals surface area contributed by atoms with E-state index >= 15 is 4.39 Å². The van der Waals surface area contributed by atoms with Crippen LogP contribution in [-0.2, 0) is 28.2 Å². The first-order valence-electron chi connectivity index (χ1n) is 12.9. The molecule has 4 rings (SSSR count). The van der Waals surface area contributed by atoms with Crippen LogP contribution in [-0.4, -0.2) is 56.4 Å². The summed E-state index contributed by atoms with van der Waals surface area (Å²) in [5, 5.41) is 11.5. The molecule has 4 fully saturated rings. The predicted octanol–water partition coefficient (Wildman–Crippen LogP) is 3.28. The van der Waals surface area contributed by atoms with Crippen molar-refractivity contribution in [3.8, 4) is 0 Å². The van der Waals surface area contributed by atoms with E-state index in [-0.39, 0.29) is 31.0 Å². The van der Waals surface area contributed by atoms with Crippen molar-refractivity contribution in [1.29, 1.82) is 0 Å².